The van der Waals surface area contributed by atoms with Crippen molar-refractivity contribution in [1.29, 1.82) is 0 Å². The third-order valence-electron chi connectivity index (χ3n) is 2.91. The summed E-state index contributed by atoms with van der Waals surface area (Å²) in [4.78, 5) is 1.28. The fourth-order valence-electron chi connectivity index (χ4n) is 2.04. The third kappa shape index (κ3) is 0.920. The van der Waals surface area contributed by atoms with Gasteiger partial charge in [-0.25, -0.2) is 0 Å². The molecule has 0 saturated carbocycles. The molecule has 2 aromatic rings. The number of fused-ring (bicyclic) bond motifs is 3. The quantitative estimate of drug-likeness (QED) is 0.457. The van der Waals surface area contributed by atoms with Crippen LogP contribution in [0, 0.1) is 13.8 Å². The molecule has 0 radical (unpaired) electrons. The van der Waals surface area contributed by atoms with Crippen LogP contribution in [-0.2, 0) is 0 Å². The van der Waals surface area contributed by atoms with E-state index in [1.165, 1.54) is 10.4 Å². The van der Waals surface area contributed by atoms with E-state index >= 15 is 0 Å². The standard InChI is InChI=1S/C11H10N2OS/c1-6-7(2)15-11-9(6)10(12-14)8-4-3-5-13(8)11/h3-5,14H,1-2H3/b12-10-. The Bertz CT molecular complexity index is 577. The molecule has 3 nitrogen and oxygen atoms in total. The van der Waals surface area contributed by atoms with Crippen molar-refractivity contribution in [2.24, 2.45) is 5.16 Å². The van der Waals surface area contributed by atoms with E-state index in [0.29, 0.717) is 5.71 Å². The molecule has 2 aromatic heterocycles. The second-order valence-electron chi connectivity index (χ2n) is 3.68. The zero-order chi connectivity index (χ0) is 10.6. The molecule has 3 rings (SSSR count). The maximum atomic E-state index is 9.09. The van der Waals surface area contributed by atoms with Crippen molar-refractivity contribution in [3.8, 4) is 5.00 Å². The minimum absolute atomic E-state index is 0.692. The molecule has 0 bridgehead atoms. The van der Waals surface area contributed by atoms with Gasteiger partial charge in [0.05, 0.1) is 5.69 Å². The number of hydrogen-bond acceptors (Lipinski definition) is 3. The Labute approximate surface area is 91.3 Å². The Balaban J connectivity index is 2.43. The Morgan fingerprint density at radius 2 is 2.20 bits per heavy atom. The van der Waals surface area contributed by atoms with E-state index in [1.54, 1.807) is 11.3 Å². The van der Waals surface area contributed by atoms with Gasteiger partial charge in [-0.15, -0.1) is 11.3 Å². The molecule has 1 N–H and O–H groups in total. The van der Waals surface area contributed by atoms with Gasteiger partial charge in [0.15, 0.2) is 0 Å². The van der Waals surface area contributed by atoms with Gasteiger partial charge < -0.3 is 9.77 Å². The summed E-state index contributed by atoms with van der Waals surface area (Å²) < 4.78 is 2.08. The second-order valence-corrected chi connectivity index (χ2v) is 4.88. The molecule has 0 fully saturated rings. The summed E-state index contributed by atoms with van der Waals surface area (Å²) in [7, 11) is 0. The van der Waals surface area contributed by atoms with E-state index in [9.17, 15) is 0 Å². The predicted octanol–water partition coefficient (Wildman–Crippen LogP) is 2.70. The van der Waals surface area contributed by atoms with Crippen LogP contribution >= 0.6 is 11.3 Å². The summed E-state index contributed by atoms with van der Waals surface area (Å²) in [5.74, 6) is 0. The van der Waals surface area contributed by atoms with Gasteiger partial charge in [-0.2, -0.15) is 0 Å². The number of oxime groups is 1. The molecule has 0 aromatic carbocycles. The fourth-order valence-corrected chi connectivity index (χ4v) is 3.19. The highest BCUT2D eigenvalue weighted by Crippen LogP contribution is 2.38. The fraction of sp³-hybridized carbons (Fsp3) is 0.182. The number of thiophene rings is 1. The van der Waals surface area contributed by atoms with E-state index in [1.807, 2.05) is 18.3 Å². The van der Waals surface area contributed by atoms with E-state index in [4.69, 9.17) is 5.21 Å². The lowest BCUT2D eigenvalue weighted by atomic mass is 10.1. The Kier molecular flexibility index (Phi) is 1.59. The summed E-state index contributed by atoms with van der Waals surface area (Å²) >= 11 is 1.74. The lowest BCUT2D eigenvalue weighted by Gasteiger charge is -1.97. The van der Waals surface area contributed by atoms with E-state index < -0.39 is 0 Å². The van der Waals surface area contributed by atoms with Crippen LogP contribution in [0.25, 0.3) is 5.00 Å². The predicted molar refractivity (Wildman–Crippen MR) is 60.5 cm³/mol. The van der Waals surface area contributed by atoms with Gasteiger partial charge in [-0.1, -0.05) is 5.16 Å². The smallest absolute Gasteiger partial charge is 0.137 e. The molecule has 4 heteroatoms. The van der Waals surface area contributed by atoms with E-state index in [0.717, 1.165) is 16.3 Å². The summed E-state index contributed by atoms with van der Waals surface area (Å²) in [5, 5.41) is 13.7. The molecule has 0 atom stereocenters. The first-order chi connectivity index (χ1) is 7.24. The van der Waals surface area contributed by atoms with Crippen LogP contribution < -0.4 is 0 Å². The molecule has 0 saturated heterocycles. The molecule has 15 heavy (non-hydrogen) atoms. The third-order valence-corrected chi connectivity index (χ3v) is 4.12. The maximum absolute atomic E-state index is 9.09. The van der Waals surface area contributed by atoms with Crippen molar-refractivity contribution < 1.29 is 5.21 Å². The summed E-state index contributed by atoms with van der Waals surface area (Å²) in [6.45, 7) is 4.17. The van der Waals surface area contributed by atoms with Crippen molar-refractivity contribution in [2.75, 3.05) is 0 Å². The number of aryl methyl sites for hydroxylation is 1. The average molecular weight is 218 g/mol. The van der Waals surface area contributed by atoms with Crippen molar-refractivity contribution in [3.63, 3.8) is 0 Å². The Morgan fingerprint density at radius 3 is 2.93 bits per heavy atom. The van der Waals surface area contributed by atoms with Crippen LogP contribution in [-0.4, -0.2) is 15.5 Å². The lowest BCUT2D eigenvalue weighted by molar-refractivity contribution is 0.319. The zero-order valence-electron chi connectivity index (χ0n) is 8.48. The van der Waals surface area contributed by atoms with Gasteiger partial charge in [0.1, 0.15) is 10.7 Å². The monoisotopic (exact) mass is 218 g/mol. The summed E-state index contributed by atoms with van der Waals surface area (Å²) in [6.07, 6.45) is 2.00. The molecule has 0 amide bonds. The minimum atomic E-state index is 0.692. The first-order valence-electron chi connectivity index (χ1n) is 4.74. The minimum Gasteiger partial charge on any atom is -0.410 e. The van der Waals surface area contributed by atoms with Crippen LogP contribution in [0.1, 0.15) is 21.7 Å². The number of nitrogens with zero attached hydrogens (tertiary/aromatic N) is 2. The van der Waals surface area contributed by atoms with Crippen molar-refractivity contribution in [2.45, 2.75) is 13.8 Å². The molecule has 0 unspecified atom stereocenters. The Hall–Kier alpha value is -1.55. The molecule has 0 spiro atoms. The highest BCUT2D eigenvalue weighted by Gasteiger charge is 2.29. The zero-order valence-corrected chi connectivity index (χ0v) is 9.30. The molecular weight excluding hydrogens is 208 g/mol. The largest absolute Gasteiger partial charge is 0.410 e. The van der Waals surface area contributed by atoms with Crippen LogP contribution in [0.5, 0.6) is 0 Å². The van der Waals surface area contributed by atoms with Crippen molar-refractivity contribution in [1.82, 2.24) is 4.57 Å². The van der Waals surface area contributed by atoms with Gasteiger partial charge in [-0.05, 0) is 31.5 Å². The van der Waals surface area contributed by atoms with Crippen LogP contribution in [0.15, 0.2) is 23.5 Å². The van der Waals surface area contributed by atoms with Gasteiger partial charge >= 0.3 is 0 Å². The first-order valence-corrected chi connectivity index (χ1v) is 5.56. The maximum Gasteiger partial charge on any atom is 0.137 e. The normalized spacial score (nSPS) is 15.7. The van der Waals surface area contributed by atoms with Crippen molar-refractivity contribution >= 4 is 17.0 Å². The number of rotatable bonds is 0. The van der Waals surface area contributed by atoms with E-state index in [2.05, 4.69) is 23.6 Å². The van der Waals surface area contributed by atoms with Gasteiger partial charge in [0.25, 0.3) is 0 Å². The highest BCUT2D eigenvalue weighted by molar-refractivity contribution is 7.15. The molecule has 76 valence electrons. The van der Waals surface area contributed by atoms with Gasteiger partial charge in [0, 0.05) is 16.6 Å². The second kappa shape index (κ2) is 2.73. The highest BCUT2D eigenvalue weighted by atomic mass is 32.1. The van der Waals surface area contributed by atoms with E-state index in [-0.39, 0.29) is 0 Å². The number of aromatic nitrogens is 1. The molecular formula is C11H10N2OS. The molecule has 3 heterocycles. The molecule has 0 aliphatic carbocycles. The van der Waals surface area contributed by atoms with Crippen LogP contribution in [0.4, 0.5) is 0 Å². The average Bonchev–Trinajstić information content (AvgIpc) is 2.83. The Morgan fingerprint density at radius 1 is 1.40 bits per heavy atom. The SMILES string of the molecule is Cc1sc2c(c1C)/C(=N\O)c1cccn1-2. The lowest BCUT2D eigenvalue weighted by Crippen LogP contribution is -1.99. The van der Waals surface area contributed by atoms with Gasteiger partial charge in [-0.3, -0.25) is 0 Å². The molecule has 1 aliphatic rings. The summed E-state index contributed by atoms with van der Waals surface area (Å²) in [6, 6.07) is 3.93. The summed E-state index contributed by atoms with van der Waals surface area (Å²) in [5.41, 5.74) is 3.96. The number of hydrogen-bond donors (Lipinski definition) is 1. The first kappa shape index (κ1) is 8.73. The molecule has 1 aliphatic heterocycles. The van der Waals surface area contributed by atoms with Crippen LogP contribution in [0.3, 0.4) is 0 Å². The van der Waals surface area contributed by atoms with Crippen LogP contribution in [0.2, 0.25) is 0 Å². The van der Waals surface area contributed by atoms with Crippen molar-refractivity contribution in [3.05, 3.63) is 40.0 Å². The van der Waals surface area contributed by atoms with Gasteiger partial charge in [0.2, 0.25) is 0 Å². The topological polar surface area (TPSA) is 37.5 Å².